The summed E-state index contributed by atoms with van der Waals surface area (Å²) in [6, 6.07) is 12.7. The number of aryl methyl sites for hydroxylation is 2. The molecule has 0 spiro atoms. The maximum atomic E-state index is 13.9. The molecule has 0 aliphatic heterocycles. The lowest BCUT2D eigenvalue weighted by atomic mass is 9.94. The Morgan fingerprint density at radius 1 is 1.00 bits per heavy atom. The number of fused-ring (bicyclic) bond motifs is 1. The maximum absolute atomic E-state index is 13.9. The van der Waals surface area contributed by atoms with Crippen LogP contribution in [-0.4, -0.2) is 0 Å². The zero-order chi connectivity index (χ0) is 14.3. The lowest BCUT2D eigenvalue weighted by Crippen LogP contribution is -2.12. The van der Waals surface area contributed by atoms with E-state index in [2.05, 4.69) is 19.9 Å². The van der Waals surface area contributed by atoms with Gasteiger partial charge in [0.2, 0.25) is 0 Å². The second kappa shape index (κ2) is 5.00. The Balaban J connectivity index is 2.20. The third-order valence-electron chi connectivity index (χ3n) is 3.65. The maximum Gasteiger partial charge on any atom is 0.131 e. The van der Waals surface area contributed by atoms with Crippen LogP contribution in [0.2, 0.25) is 0 Å². The van der Waals surface area contributed by atoms with Crippen LogP contribution in [0.1, 0.15) is 26.9 Å². The van der Waals surface area contributed by atoms with Gasteiger partial charge in [0.25, 0.3) is 0 Å². The zero-order valence-corrected chi connectivity index (χ0v) is 12.3. The van der Waals surface area contributed by atoms with Crippen LogP contribution >= 0.6 is 11.3 Å². The van der Waals surface area contributed by atoms with Crippen LogP contribution in [0, 0.1) is 19.7 Å². The lowest BCUT2D eigenvalue weighted by Gasteiger charge is -2.15. The van der Waals surface area contributed by atoms with Crippen molar-refractivity contribution in [2.24, 2.45) is 5.73 Å². The molecule has 1 heterocycles. The number of benzene rings is 2. The van der Waals surface area contributed by atoms with Crippen molar-refractivity contribution in [1.82, 2.24) is 0 Å². The van der Waals surface area contributed by atoms with Crippen LogP contribution in [0.25, 0.3) is 10.8 Å². The molecule has 1 unspecified atom stereocenters. The Kier molecular flexibility index (Phi) is 3.32. The fraction of sp³-hybridized carbons (Fsp3) is 0.176. The van der Waals surface area contributed by atoms with Gasteiger partial charge in [0, 0.05) is 15.1 Å². The van der Waals surface area contributed by atoms with Crippen molar-refractivity contribution >= 4 is 22.1 Å². The Labute approximate surface area is 121 Å². The largest absolute Gasteiger partial charge is 0.320 e. The molecule has 1 nitrogen and oxygen atoms in total. The molecule has 0 aliphatic carbocycles. The summed E-state index contributed by atoms with van der Waals surface area (Å²) in [5, 5.41) is 1.52. The molecule has 0 bridgehead atoms. The van der Waals surface area contributed by atoms with Gasteiger partial charge < -0.3 is 5.73 Å². The fourth-order valence-electron chi connectivity index (χ4n) is 2.68. The van der Waals surface area contributed by atoms with E-state index in [9.17, 15) is 4.39 Å². The number of halogens is 1. The predicted octanol–water partition coefficient (Wildman–Crippen LogP) is 4.71. The quantitative estimate of drug-likeness (QED) is 0.725. The van der Waals surface area contributed by atoms with Crippen LogP contribution < -0.4 is 5.73 Å². The summed E-state index contributed by atoms with van der Waals surface area (Å²) in [7, 11) is 0. The molecule has 3 rings (SSSR count). The van der Waals surface area contributed by atoms with Gasteiger partial charge in [0.05, 0.1) is 6.04 Å². The number of nitrogens with two attached hydrogens (primary N) is 1. The normalized spacial score (nSPS) is 12.8. The molecule has 0 saturated heterocycles. The number of thiophene rings is 1. The standard InChI is InChI=1S/C17H16FNS/c1-10-9-15(11(2)20-10)17(19)14-7-8-16(18)13-6-4-3-5-12(13)14/h3-9,17H,19H2,1-2H3. The molecule has 0 saturated carbocycles. The van der Waals surface area contributed by atoms with E-state index in [4.69, 9.17) is 5.73 Å². The summed E-state index contributed by atoms with van der Waals surface area (Å²) >= 11 is 1.75. The topological polar surface area (TPSA) is 26.0 Å². The van der Waals surface area contributed by atoms with Gasteiger partial charge in [-0.1, -0.05) is 30.3 Å². The van der Waals surface area contributed by atoms with Crippen molar-refractivity contribution in [3.8, 4) is 0 Å². The third-order valence-corrected chi connectivity index (χ3v) is 4.64. The van der Waals surface area contributed by atoms with Gasteiger partial charge in [-0.25, -0.2) is 4.39 Å². The zero-order valence-electron chi connectivity index (χ0n) is 11.5. The average Bonchev–Trinajstić information content (AvgIpc) is 2.78. The monoisotopic (exact) mass is 285 g/mol. The molecule has 0 amide bonds. The SMILES string of the molecule is Cc1cc(C(N)c2ccc(F)c3ccccc23)c(C)s1. The Morgan fingerprint density at radius 2 is 1.70 bits per heavy atom. The molecule has 1 atom stereocenters. The predicted molar refractivity (Wildman–Crippen MR) is 83.7 cm³/mol. The molecular formula is C17H16FNS. The van der Waals surface area contributed by atoms with E-state index in [1.54, 1.807) is 23.5 Å². The van der Waals surface area contributed by atoms with Crippen LogP contribution in [0.5, 0.6) is 0 Å². The Morgan fingerprint density at radius 3 is 2.35 bits per heavy atom. The van der Waals surface area contributed by atoms with Crippen molar-refractivity contribution in [2.75, 3.05) is 0 Å². The summed E-state index contributed by atoms with van der Waals surface area (Å²) < 4.78 is 13.9. The van der Waals surface area contributed by atoms with E-state index < -0.39 is 0 Å². The average molecular weight is 285 g/mol. The summed E-state index contributed by atoms with van der Waals surface area (Å²) in [5.74, 6) is -0.199. The first-order valence-corrected chi connectivity index (χ1v) is 7.39. The molecule has 3 heteroatoms. The minimum atomic E-state index is -0.217. The molecule has 0 aliphatic rings. The van der Waals surface area contributed by atoms with Crippen molar-refractivity contribution in [3.63, 3.8) is 0 Å². The van der Waals surface area contributed by atoms with Gasteiger partial charge >= 0.3 is 0 Å². The molecule has 3 aromatic rings. The molecule has 20 heavy (non-hydrogen) atoms. The van der Waals surface area contributed by atoms with Gasteiger partial charge in [-0.2, -0.15) is 0 Å². The van der Waals surface area contributed by atoms with Crippen LogP contribution in [-0.2, 0) is 0 Å². The first-order chi connectivity index (χ1) is 9.58. The number of hydrogen-bond donors (Lipinski definition) is 1. The van der Waals surface area contributed by atoms with Gasteiger partial charge in [-0.3, -0.25) is 0 Å². The number of rotatable bonds is 2. The van der Waals surface area contributed by atoms with E-state index in [-0.39, 0.29) is 11.9 Å². The van der Waals surface area contributed by atoms with Crippen LogP contribution in [0.3, 0.4) is 0 Å². The van der Waals surface area contributed by atoms with E-state index in [1.807, 2.05) is 18.2 Å². The smallest absolute Gasteiger partial charge is 0.131 e. The molecule has 0 fully saturated rings. The van der Waals surface area contributed by atoms with Gasteiger partial charge in [0.1, 0.15) is 5.82 Å². The van der Waals surface area contributed by atoms with Gasteiger partial charge in [-0.05, 0) is 42.5 Å². The summed E-state index contributed by atoms with van der Waals surface area (Å²) in [6.45, 7) is 4.16. The first-order valence-electron chi connectivity index (χ1n) is 6.57. The minimum Gasteiger partial charge on any atom is -0.320 e. The summed E-state index contributed by atoms with van der Waals surface area (Å²) in [4.78, 5) is 2.47. The molecule has 2 aromatic carbocycles. The fourth-order valence-corrected chi connectivity index (χ4v) is 3.66. The van der Waals surface area contributed by atoms with Gasteiger partial charge in [-0.15, -0.1) is 11.3 Å². The molecule has 2 N–H and O–H groups in total. The first kappa shape index (κ1) is 13.3. The second-order valence-corrected chi connectivity index (χ2v) is 6.49. The Bertz CT molecular complexity index is 776. The highest BCUT2D eigenvalue weighted by molar-refractivity contribution is 7.12. The lowest BCUT2D eigenvalue weighted by molar-refractivity contribution is 0.639. The third kappa shape index (κ3) is 2.13. The van der Waals surface area contributed by atoms with Crippen molar-refractivity contribution in [3.05, 3.63) is 69.2 Å². The van der Waals surface area contributed by atoms with E-state index in [0.717, 1.165) is 16.5 Å². The Hall–Kier alpha value is -1.71. The minimum absolute atomic E-state index is 0.199. The summed E-state index contributed by atoms with van der Waals surface area (Å²) in [5.41, 5.74) is 8.53. The van der Waals surface area contributed by atoms with E-state index >= 15 is 0 Å². The number of hydrogen-bond acceptors (Lipinski definition) is 2. The second-order valence-electron chi connectivity index (χ2n) is 5.03. The van der Waals surface area contributed by atoms with E-state index in [0.29, 0.717) is 5.39 Å². The van der Waals surface area contributed by atoms with Crippen molar-refractivity contribution in [1.29, 1.82) is 0 Å². The highest BCUT2D eigenvalue weighted by Crippen LogP contribution is 2.33. The van der Waals surface area contributed by atoms with Gasteiger partial charge in [0.15, 0.2) is 0 Å². The highest BCUT2D eigenvalue weighted by atomic mass is 32.1. The van der Waals surface area contributed by atoms with Crippen LogP contribution in [0.15, 0.2) is 42.5 Å². The summed E-state index contributed by atoms with van der Waals surface area (Å²) in [6.07, 6.45) is 0. The molecule has 1 aromatic heterocycles. The molecular weight excluding hydrogens is 269 g/mol. The molecule has 0 radical (unpaired) electrons. The highest BCUT2D eigenvalue weighted by Gasteiger charge is 2.17. The van der Waals surface area contributed by atoms with Crippen molar-refractivity contribution in [2.45, 2.75) is 19.9 Å². The van der Waals surface area contributed by atoms with E-state index in [1.165, 1.54) is 15.8 Å². The van der Waals surface area contributed by atoms with Crippen LogP contribution in [0.4, 0.5) is 4.39 Å². The van der Waals surface area contributed by atoms with Crippen molar-refractivity contribution < 1.29 is 4.39 Å². The molecule has 102 valence electrons.